The van der Waals surface area contributed by atoms with Crippen LogP contribution >= 0.6 is 0 Å². The number of anilines is 1. The van der Waals surface area contributed by atoms with Gasteiger partial charge in [0.15, 0.2) is 0 Å². The first-order valence-electron chi connectivity index (χ1n) is 9.22. The predicted octanol–water partition coefficient (Wildman–Crippen LogP) is 2.86. The summed E-state index contributed by atoms with van der Waals surface area (Å²) < 4.78 is 13.1. The van der Waals surface area contributed by atoms with E-state index in [0.29, 0.717) is 24.7 Å². The zero-order valence-electron chi connectivity index (χ0n) is 15.4. The van der Waals surface area contributed by atoms with Gasteiger partial charge in [-0.3, -0.25) is 9.59 Å². The Morgan fingerprint density at radius 3 is 2.56 bits per heavy atom. The summed E-state index contributed by atoms with van der Waals surface area (Å²) in [5, 5.41) is 5.84. The number of halogens is 1. The lowest BCUT2D eigenvalue weighted by Gasteiger charge is -2.22. The number of nitrogens with one attached hydrogen (secondary N) is 2. The molecule has 1 saturated carbocycles. The minimum atomic E-state index is -0.301. The largest absolute Gasteiger partial charge is 0.362 e. The van der Waals surface area contributed by atoms with Gasteiger partial charge in [-0.05, 0) is 61.7 Å². The topological polar surface area (TPSA) is 61.4 Å². The average molecular weight is 369 g/mol. The maximum atomic E-state index is 13.1. The first-order valence-corrected chi connectivity index (χ1v) is 9.22. The fourth-order valence-electron chi connectivity index (χ4n) is 2.79. The number of hydrogen-bond donors (Lipinski definition) is 2. The van der Waals surface area contributed by atoms with Gasteiger partial charge in [0.05, 0.1) is 6.54 Å². The summed E-state index contributed by atoms with van der Waals surface area (Å²) in [5.41, 5.74) is 2.28. The molecule has 1 aliphatic carbocycles. The van der Waals surface area contributed by atoms with Crippen molar-refractivity contribution >= 4 is 17.5 Å². The molecule has 0 bridgehead atoms. The Kier molecular flexibility index (Phi) is 6.06. The fourth-order valence-corrected chi connectivity index (χ4v) is 2.79. The van der Waals surface area contributed by atoms with Crippen LogP contribution in [0.5, 0.6) is 0 Å². The first-order chi connectivity index (χ1) is 13.0. The van der Waals surface area contributed by atoms with Crippen molar-refractivity contribution in [2.45, 2.75) is 32.4 Å². The Hall–Kier alpha value is -2.89. The number of likely N-dealkylation sites (N-methyl/N-ethyl adjacent to an activating group) is 1. The minimum Gasteiger partial charge on any atom is -0.362 e. The molecule has 0 heterocycles. The second-order valence-corrected chi connectivity index (χ2v) is 6.72. The second kappa shape index (κ2) is 8.66. The molecule has 6 heteroatoms. The van der Waals surface area contributed by atoms with Crippen LogP contribution in [0.25, 0.3) is 0 Å². The summed E-state index contributed by atoms with van der Waals surface area (Å²) in [6.45, 7) is 3.11. The lowest BCUT2D eigenvalue weighted by molar-refractivity contribution is -0.119. The lowest BCUT2D eigenvalue weighted by Crippen LogP contribution is -2.37. The number of nitrogens with zero attached hydrogens (tertiary/aromatic N) is 1. The van der Waals surface area contributed by atoms with E-state index in [0.717, 1.165) is 24.1 Å². The van der Waals surface area contributed by atoms with Gasteiger partial charge in [-0.25, -0.2) is 4.39 Å². The Balaban J connectivity index is 1.53. The molecule has 0 radical (unpaired) electrons. The van der Waals surface area contributed by atoms with Crippen LogP contribution in [0.3, 0.4) is 0 Å². The molecule has 0 saturated heterocycles. The number of carbonyl (C=O) groups is 2. The third kappa shape index (κ3) is 5.54. The Morgan fingerprint density at radius 1 is 1.15 bits per heavy atom. The molecule has 27 heavy (non-hydrogen) atoms. The minimum absolute atomic E-state index is 0.0702. The maximum absolute atomic E-state index is 13.1. The van der Waals surface area contributed by atoms with Crippen molar-refractivity contribution in [3.63, 3.8) is 0 Å². The van der Waals surface area contributed by atoms with Crippen molar-refractivity contribution in [1.82, 2.24) is 10.6 Å². The average Bonchev–Trinajstić information content (AvgIpc) is 3.49. The van der Waals surface area contributed by atoms with Crippen molar-refractivity contribution < 1.29 is 14.0 Å². The molecule has 0 unspecified atom stereocenters. The number of amides is 2. The van der Waals surface area contributed by atoms with Gasteiger partial charge >= 0.3 is 0 Å². The van der Waals surface area contributed by atoms with E-state index in [1.54, 1.807) is 24.3 Å². The summed E-state index contributed by atoms with van der Waals surface area (Å²) in [7, 11) is 0. The predicted molar refractivity (Wildman–Crippen MR) is 103 cm³/mol. The summed E-state index contributed by atoms with van der Waals surface area (Å²) in [5.74, 6) is -0.502. The van der Waals surface area contributed by atoms with Gasteiger partial charge in [-0.1, -0.05) is 12.1 Å². The van der Waals surface area contributed by atoms with Crippen LogP contribution in [0.1, 0.15) is 35.7 Å². The van der Waals surface area contributed by atoms with E-state index in [-0.39, 0.29) is 24.2 Å². The van der Waals surface area contributed by atoms with Crippen LogP contribution < -0.4 is 15.5 Å². The van der Waals surface area contributed by atoms with Crippen molar-refractivity contribution in [3.05, 3.63) is 65.5 Å². The standard InChI is InChI=1S/C21H24FN3O2/c1-2-25(19-10-6-17(22)7-11-19)14-20(26)23-13-15-4-3-5-16(12-15)21(27)24-18-8-9-18/h3-7,10-12,18H,2,8-9,13-14H2,1H3,(H,23,26)(H,24,27). The van der Waals surface area contributed by atoms with Crippen molar-refractivity contribution in [1.29, 1.82) is 0 Å². The van der Waals surface area contributed by atoms with Gasteiger partial charge in [0.1, 0.15) is 5.82 Å². The number of rotatable bonds is 8. The van der Waals surface area contributed by atoms with Crippen LogP contribution in [0, 0.1) is 5.82 Å². The molecule has 0 spiro atoms. The SMILES string of the molecule is CCN(CC(=O)NCc1cccc(C(=O)NC2CC2)c1)c1ccc(F)cc1. The summed E-state index contributed by atoms with van der Waals surface area (Å²) in [6.07, 6.45) is 2.09. The number of hydrogen-bond acceptors (Lipinski definition) is 3. The molecule has 1 fully saturated rings. The van der Waals surface area contributed by atoms with Gasteiger partial charge in [0.25, 0.3) is 5.91 Å². The van der Waals surface area contributed by atoms with Gasteiger partial charge in [0.2, 0.25) is 5.91 Å². The first kappa shape index (κ1) is 18.9. The smallest absolute Gasteiger partial charge is 0.251 e. The van der Waals surface area contributed by atoms with Crippen LogP contribution in [0.15, 0.2) is 48.5 Å². The summed E-state index contributed by atoms with van der Waals surface area (Å²) in [6, 6.07) is 13.7. The molecule has 1 aliphatic rings. The molecule has 2 aromatic carbocycles. The van der Waals surface area contributed by atoms with E-state index in [1.807, 2.05) is 24.0 Å². The van der Waals surface area contributed by atoms with Crippen LogP contribution in [0.4, 0.5) is 10.1 Å². The quantitative estimate of drug-likeness (QED) is 0.752. The highest BCUT2D eigenvalue weighted by Gasteiger charge is 2.23. The molecule has 0 aliphatic heterocycles. The molecule has 5 nitrogen and oxygen atoms in total. The maximum Gasteiger partial charge on any atom is 0.251 e. The number of benzene rings is 2. The van der Waals surface area contributed by atoms with E-state index in [1.165, 1.54) is 12.1 Å². The van der Waals surface area contributed by atoms with Crippen molar-refractivity contribution in [2.24, 2.45) is 0 Å². The van der Waals surface area contributed by atoms with Crippen LogP contribution in [0.2, 0.25) is 0 Å². The molecule has 3 rings (SSSR count). The zero-order valence-corrected chi connectivity index (χ0v) is 15.4. The molecule has 0 aromatic heterocycles. The highest BCUT2D eigenvalue weighted by molar-refractivity contribution is 5.94. The van der Waals surface area contributed by atoms with Crippen LogP contribution in [-0.2, 0) is 11.3 Å². The highest BCUT2D eigenvalue weighted by Crippen LogP contribution is 2.19. The molecule has 2 aromatic rings. The van der Waals surface area contributed by atoms with Crippen molar-refractivity contribution in [2.75, 3.05) is 18.0 Å². The van der Waals surface area contributed by atoms with Crippen molar-refractivity contribution in [3.8, 4) is 0 Å². The normalized spacial score (nSPS) is 13.1. The molecule has 2 N–H and O–H groups in total. The third-order valence-corrected chi connectivity index (χ3v) is 4.50. The Morgan fingerprint density at radius 2 is 1.89 bits per heavy atom. The molecule has 0 atom stereocenters. The van der Waals surface area contributed by atoms with E-state index >= 15 is 0 Å². The zero-order chi connectivity index (χ0) is 19.2. The highest BCUT2D eigenvalue weighted by atomic mass is 19.1. The second-order valence-electron chi connectivity index (χ2n) is 6.72. The number of carbonyl (C=O) groups excluding carboxylic acids is 2. The Labute approximate surface area is 158 Å². The lowest BCUT2D eigenvalue weighted by atomic mass is 10.1. The van der Waals surface area contributed by atoms with Gasteiger partial charge in [-0.2, -0.15) is 0 Å². The van der Waals surface area contributed by atoms with Gasteiger partial charge in [-0.15, -0.1) is 0 Å². The van der Waals surface area contributed by atoms with E-state index in [4.69, 9.17) is 0 Å². The molecular formula is C21H24FN3O2. The van der Waals surface area contributed by atoms with Gasteiger partial charge < -0.3 is 15.5 Å². The summed E-state index contributed by atoms with van der Waals surface area (Å²) >= 11 is 0. The van der Waals surface area contributed by atoms with E-state index in [2.05, 4.69) is 10.6 Å². The molecule has 142 valence electrons. The summed E-state index contributed by atoms with van der Waals surface area (Å²) in [4.78, 5) is 26.3. The fraction of sp³-hybridized carbons (Fsp3) is 0.333. The Bertz CT molecular complexity index is 803. The van der Waals surface area contributed by atoms with Crippen LogP contribution in [-0.4, -0.2) is 30.9 Å². The monoisotopic (exact) mass is 369 g/mol. The van der Waals surface area contributed by atoms with E-state index in [9.17, 15) is 14.0 Å². The van der Waals surface area contributed by atoms with E-state index < -0.39 is 0 Å². The third-order valence-electron chi connectivity index (χ3n) is 4.50. The molecule has 2 amide bonds. The van der Waals surface area contributed by atoms with Gasteiger partial charge in [0, 0.05) is 30.4 Å². The molecular weight excluding hydrogens is 345 g/mol.